The van der Waals surface area contributed by atoms with Crippen molar-refractivity contribution in [3.05, 3.63) is 40.3 Å². The highest BCUT2D eigenvalue weighted by Crippen LogP contribution is 2.13. The zero-order chi connectivity index (χ0) is 12.6. The fraction of sp³-hybridized carbons (Fsp3) is 0.250. The van der Waals surface area contributed by atoms with Crippen LogP contribution in [0.15, 0.2) is 29.1 Å². The molecule has 0 aliphatic rings. The van der Waals surface area contributed by atoms with Crippen molar-refractivity contribution < 1.29 is 9.90 Å². The molecule has 0 spiro atoms. The van der Waals surface area contributed by atoms with Gasteiger partial charge in [0, 0.05) is 5.39 Å². The Morgan fingerprint density at radius 2 is 1.94 bits per heavy atom. The Hall–Kier alpha value is -2.17. The number of hydrogen-bond donors (Lipinski definition) is 0. The van der Waals surface area contributed by atoms with E-state index in [9.17, 15) is 14.7 Å². The van der Waals surface area contributed by atoms with Crippen LogP contribution in [0.5, 0.6) is 0 Å². The summed E-state index contributed by atoms with van der Waals surface area (Å²) in [4.78, 5) is 22.8. The molecule has 0 unspecified atom stereocenters. The van der Waals surface area contributed by atoms with Crippen LogP contribution in [0.25, 0.3) is 10.8 Å². The summed E-state index contributed by atoms with van der Waals surface area (Å²) in [5.74, 6) is -1.32. The van der Waals surface area contributed by atoms with Crippen molar-refractivity contribution in [2.75, 3.05) is 0 Å². The third-order valence-corrected chi connectivity index (χ3v) is 2.72. The molecule has 0 amide bonds. The molecule has 0 N–H and O–H groups in total. The second-order valence-electron chi connectivity index (χ2n) is 3.88. The van der Waals surface area contributed by atoms with Crippen molar-refractivity contribution in [1.29, 1.82) is 0 Å². The third-order valence-electron chi connectivity index (χ3n) is 2.72. The van der Waals surface area contributed by atoms with Crippen molar-refractivity contribution in [3.8, 4) is 0 Å². The number of nitrogens with zero attached hydrogens (tertiary/aromatic N) is 2. The largest absolute Gasteiger partial charge is 0.548 e. The number of aryl methyl sites for hydroxylation is 1. The van der Waals surface area contributed by atoms with Crippen LogP contribution in [-0.4, -0.2) is 15.7 Å². The topological polar surface area (TPSA) is 75.0 Å². The van der Waals surface area contributed by atoms with E-state index < -0.39 is 17.6 Å². The van der Waals surface area contributed by atoms with Crippen molar-refractivity contribution in [3.63, 3.8) is 0 Å². The summed E-state index contributed by atoms with van der Waals surface area (Å²) in [6.07, 6.45) is 0. The van der Waals surface area contributed by atoms with Crippen LogP contribution in [0.4, 0.5) is 0 Å². The van der Waals surface area contributed by atoms with E-state index in [4.69, 9.17) is 0 Å². The normalized spacial score (nSPS) is 12.6. The summed E-state index contributed by atoms with van der Waals surface area (Å²) in [6.45, 7) is 3.11. The molecule has 0 saturated heterocycles. The number of carbonyl (C=O) groups excluding carboxylic acids is 1. The van der Waals surface area contributed by atoms with Gasteiger partial charge in [-0.3, -0.25) is 4.79 Å². The number of rotatable bonds is 2. The van der Waals surface area contributed by atoms with Crippen molar-refractivity contribution >= 4 is 16.7 Å². The number of hydrogen-bond acceptors (Lipinski definition) is 4. The monoisotopic (exact) mass is 231 g/mol. The lowest BCUT2D eigenvalue weighted by Gasteiger charge is -2.16. The number of aliphatic carboxylic acids is 1. The lowest BCUT2D eigenvalue weighted by molar-refractivity contribution is -0.310. The smallest absolute Gasteiger partial charge is 0.275 e. The molecule has 0 aliphatic heterocycles. The first kappa shape index (κ1) is 11.3. The molecular formula is C12H11N2O3-. The summed E-state index contributed by atoms with van der Waals surface area (Å²) < 4.78 is 0.951. The van der Waals surface area contributed by atoms with E-state index in [1.807, 2.05) is 6.07 Å². The van der Waals surface area contributed by atoms with Gasteiger partial charge in [-0.05, 0) is 19.9 Å². The number of fused-ring (bicyclic) bond motifs is 1. The summed E-state index contributed by atoms with van der Waals surface area (Å²) >= 11 is 0. The van der Waals surface area contributed by atoms with Gasteiger partial charge in [-0.2, -0.15) is 5.10 Å². The predicted molar refractivity (Wildman–Crippen MR) is 60.5 cm³/mol. The zero-order valence-electron chi connectivity index (χ0n) is 9.51. The van der Waals surface area contributed by atoms with Crippen molar-refractivity contribution in [2.24, 2.45) is 0 Å². The molecule has 1 aromatic heterocycles. The van der Waals surface area contributed by atoms with E-state index in [-0.39, 0.29) is 0 Å². The average Bonchev–Trinajstić information content (AvgIpc) is 2.33. The average molecular weight is 231 g/mol. The molecule has 1 heterocycles. The minimum absolute atomic E-state index is 0.414. The molecule has 2 rings (SSSR count). The Morgan fingerprint density at radius 3 is 2.53 bits per heavy atom. The molecule has 1 aromatic carbocycles. The van der Waals surface area contributed by atoms with Crippen LogP contribution in [0.1, 0.15) is 18.7 Å². The number of aromatic nitrogens is 2. The maximum atomic E-state index is 12.0. The van der Waals surface area contributed by atoms with Crippen molar-refractivity contribution in [1.82, 2.24) is 9.78 Å². The van der Waals surface area contributed by atoms with Crippen LogP contribution in [-0.2, 0) is 4.79 Å². The van der Waals surface area contributed by atoms with Gasteiger partial charge in [-0.1, -0.05) is 18.2 Å². The quantitative estimate of drug-likeness (QED) is 0.730. The van der Waals surface area contributed by atoms with Crippen LogP contribution >= 0.6 is 0 Å². The van der Waals surface area contributed by atoms with Crippen LogP contribution in [0.3, 0.4) is 0 Å². The molecule has 88 valence electrons. The Bertz CT molecular complexity index is 646. The fourth-order valence-electron chi connectivity index (χ4n) is 1.73. The molecule has 5 heteroatoms. The lowest BCUT2D eigenvalue weighted by atomic mass is 10.1. The van der Waals surface area contributed by atoms with Gasteiger partial charge in [0.1, 0.15) is 0 Å². The van der Waals surface area contributed by atoms with Gasteiger partial charge in [-0.15, -0.1) is 0 Å². The fourth-order valence-corrected chi connectivity index (χ4v) is 1.73. The van der Waals surface area contributed by atoms with Crippen LogP contribution < -0.4 is 10.7 Å². The van der Waals surface area contributed by atoms with Gasteiger partial charge in [-0.25, -0.2) is 4.68 Å². The third kappa shape index (κ3) is 1.80. The first-order valence-electron chi connectivity index (χ1n) is 5.21. The minimum atomic E-state index is -1.32. The number of carbonyl (C=O) groups is 1. The number of carboxylic acid groups (broad SMARTS) is 1. The second kappa shape index (κ2) is 4.01. The molecule has 0 aliphatic carbocycles. The van der Waals surface area contributed by atoms with E-state index in [0.717, 1.165) is 10.1 Å². The zero-order valence-corrected chi connectivity index (χ0v) is 9.51. The predicted octanol–water partition coefficient (Wildman–Crippen LogP) is 0.0158. The van der Waals surface area contributed by atoms with Gasteiger partial charge in [0.25, 0.3) is 5.56 Å². The first-order valence-corrected chi connectivity index (χ1v) is 5.21. The number of benzene rings is 1. The summed E-state index contributed by atoms with van der Waals surface area (Å²) in [5.41, 5.74) is 0.205. The van der Waals surface area contributed by atoms with E-state index in [1.165, 1.54) is 6.92 Å². The second-order valence-corrected chi connectivity index (χ2v) is 3.88. The lowest BCUT2D eigenvalue weighted by Crippen LogP contribution is -2.38. The molecule has 5 nitrogen and oxygen atoms in total. The Labute approximate surface area is 97.3 Å². The molecule has 0 fully saturated rings. The number of carboxylic acids is 1. The highest BCUT2D eigenvalue weighted by Gasteiger charge is 2.12. The molecule has 1 atom stereocenters. The van der Waals surface area contributed by atoms with Gasteiger partial charge in [0.2, 0.25) is 0 Å². The highest BCUT2D eigenvalue weighted by molar-refractivity contribution is 5.83. The highest BCUT2D eigenvalue weighted by atomic mass is 16.4. The molecular weight excluding hydrogens is 220 g/mol. The molecule has 2 aromatic rings. The standard InChI is InChI=1S/C12H12N2O3/c1-7-9-5-3-4-6-10(9)11(15)14(13-7)8(2)12(16)17/h3-6,8H,1-2H3,(H,16,17)/p-1/t8-/m0/s1. The van der Waals surface area contributed by atoms with Gasteiger partial charge >= 0.3 is 0 Å². The Morgan fingerprint density at radius 1 is 1.35 bits per heavy atom. The first-order chi connectivity index (χ1) is 8.02. The molecule has 0 radical (unpaired) electrons. The van der Waals surface area contributed by atoms with E-state index >= 15 is 0 Å². The minimum Gasteiger partial charge on any atom is -0.548 e. The summed E-state index contributed by atoms with van der Waals surface area (Å²) in [7, 11) is 0. The van der Waals surface area contributed by atoms with Crippen LogP contribution in [0.2, 0.25) is 0 Å². The molecule has 17 heavy (non-hydrogen) atoms. The SMILES string of the molecule is Cc1nn([C@@H](C)C(=O)[O-])c(=O)c2ccccc12. The van der Waals surface area contributed by atoms with Crippen LogP contribution in [0, 0.1) is 6.92 Å². The maximum Gasteiger partial charge on any atom is 0.275 e. The summed E-state index contributed by atoms with van der Waals surface area (Å²) in [6, 6.07) is 5.91. The van der Waals surface area contributed by atoms with Gasteiger partial charge in [0.15, 0.2) is 0 Å². The van der Waals surface area contributed by atoms with E-state index in [1.54, 1.807) is 25.1 Å². The Kier molecular flexibility index (Phi) is 2.67. The van der Waals surface area contributed by atoms with Crippen molar-refractivity contribution in [2.45, 2.75) is 19.9 Å². The van der Waals surface area contributed by atoms with E-state index in [2.05, 4.69) is 5.10 Å². The van der Waals surface area contributed by atoms with Gasteiger partial charge in [0.05, 0.1) is 23.1 Å². The molecule has 0 saturated carbocycles. The summed E-state index contributed by atoms with van der Waals surface area (Å²) in [5, 5.41) is 16.0. The van der Waals surface area contributed by atoms with Gasteiger partial charge < -0.3 is 9.90 Å². The Balaban J connectivity index is 2.80. The maximum absolute atomic E-state index is 12.0. The molecule has 0 bridgehead atoms. The van der Waals surface area contributed by atoms with E-state index in [0.29, 0.717) is 11.1 Å².